The van der Waals surface area contributed by atoms with E-state index in [1.54, 1.807) is 0 Å². The molecule has 2 aromatic carbocycles. The first-order chi connectivity index (χ1) is 9.61. The molecule has 0 fully saturated rings. The predicted molar refractivity (Wildman–Crippen MR) is 87.8 cm³/mol. The lowest BCUT2D eigenvalue weighted by molar-refractivity contribution is 0.727. The highest BCUT2D eigenvalue weighted by molar-refractivity contribution is 5.66. The van der Waals surface area contributed by atoms with Crippen molar-refractivity contribution in [2.75, 3.05) is 18.5 Å². The molecular formula is C18H24N2. The minimum atomic E-state index is 0.935. The third kappa shape index (κ3) is 3.40. The van der Waals surface area contributed by atoms with Crippen LogP contribution in [0.5, 0.6) is 0 Å². The van der Waals surface area contributed by atoms with Gasteiger partial charge in [-0.1, -0.05) is 36.8 Å². The van der Waals surface area contributed by atoms with Crippen molar-refractivity contribution in [3.8, 4) is 0 Å². The van der Waals surface area contributed by atoms with Crippen LogP contribution in [0, 0.1) is 13.8 Å². The zero-order valence-corrected chi connectivity index (χ0v) is 12.9. The third-order valence-electron chi connectivity index (χ3n) is 3.62. The molecule has 0 amide bonds. The van der Waals surface area contributed by atoms with Crippen LogP contribution in [0.15, 0.2) is 42.5 Å². The molecule has 0 unspecified atom stereocenters. The smallest absolute Gasteiger partial charge is 0.0437 e. The summed E-state index contributed by atoms with van der Waals surface area (Å²) in [5.74, 6) is 0. The van der Waals surface area contributed by atoms with Gasteiger partial charge in [-0.15, -0.1) is 0 Å². The Hall–Kier alpha value is -1.80. The standard InChI is InChI=1S/C18H24N2/c1-5-19-13-16-7-9-17(10-8-16)20(4)18-11-6-14(2)12-15(18)3/h6-12,19H,5,13H2,1-4H3. The summed E-state index contributed by atoms with van der Waals surface area (Å²) in [7, 11) is 2.12. The van der Waals surface area contributed by atoms with Gasteiger partial charge in [0.15, 0.2) is 0 Å². The topological polar surface area (TPSA) is 15.3 Å². The van der Waals surface area contributed by atoms with E-state index in [9.17, 15) is 0 Å². The van der Waals surface area contributed by atoms with Crippen LogP contribution in [0.25, 0.3) is 0 Å². The predicted octanol–water partition coefficient (Wildman–Crippen LogP) is 4.18. The molecule has 1 N–H and O–H groups in total. The molecule has 2 rings (SSSR count). The number of aryl methyl sites for hydroxylation is 2. The molecule has 0 atom stereocenters. The van der Waals surface area contributed by atoms with E-state index < -0.39 is 0 Å². The fraction of sp³-hybridized carbons (Fsp3) is 0.333. The van der Waals surface area contributed by atoms with Gasteiger partial charge in [0.05, 0.1) is 0 Å². The molecule has 20 heavy (non-hydrogen) atoms. The van der Waals surface area contributed by atoms with Gasteiger partial charge in [-0.05, 0) is 49.7 Å². The number of hydrogen-bond acceptors (Lipinski definition) is 2. The highest BCUT2D eigenvalue weighted by Crippen LogP contribution is 2.27. The number of rotatable bonds is 5. The van der Waals surface area contributed by atoms with Crippen molar-refractivity contribution >= 4 is 11.4 Å². The molecule has 0 spiro atoms. The molecule has 0 radical (unpaired) electrons. The van der Waals surface area contributed by atoms with Gasteiger partial charge in [0.2, 0.25) is 0 Å². The lowest BCUT2D eigenvalue weighted by atomic mass is 10.1. The van der Waals surface area contributed by atoms with Crippen molar-refractivity contribution < 1.29 is 0 Å². The Kier molecular flexibility index (Phi) is 4.80. The number of nitrogens with zero attached hydrogens (tertiary/aromatic N) is 1. The molecule has 0 bridgehead atoms. The van der Waals surface area contributed by atoms with Crippen LogP contribution in [-0.2, 0) is 6.54 Å². The number of hydrogen-bond donors (Lipinski definition) is 1. The SMILES string of the molecule is CCNCc1ccc(N(C)c2ccc(C)cc2C)cc1. The second kappa shape index (κ2) is 6.58. The zero-order valence-electron chi connectivity index (χ0n) is 12.9. The van der Waals surface area contributed by atoms with Crippen molar-refractivity contribution in [3.05, 3.63) is 59.2 Å². The van der Waals surface area contributed by atoms with Crippen LogP contribution in [0.4, 0.5) is 11.4 Å². The van der Waals surface area contributed by atoms with E-state index in [0.29, 0.717) is 0 Å². The first kappa shape index (κ1) is 14.6. The van der Waals surface area contributed by atoms with E-state index in [0.717, 1.165) is 13.1 Å². The Labute approximate surface area is 122 Å². The van der Waals surface area contributed by atoms with Crippen LogP contribution in [0.2, 0.25) is 0 Å². The van der Waals surface area contributed by atoms with E-state index in [2.05, 4.69) is 80.5 Å². The van der Waals surface area contributed by atoms with Crippen LogP contribution in [-0.4, -0.2) is 13.6 Å². The van der Waals surface area contributed by atoms with Gasteiger partial charge in [0.25, 0.3) is 0 Å². The van der Waals surface area contributed by atoms with Crippen LogP contribution in [0.1, 0.15) is 23.6 Å². The van der Waals surface area contributed by atoms with E-state index >= 15 is 0 Å². The zero-order chi connectivity index (χ0) is 14.5. The van der Waals surface area contributed by atoms with Crippen molar-refractivity contribution in [2.45, 2.75) is 27.3 Å². The number of benzene rings is 2. The summed E-state index contributed by atoms with van der Waals surface area (Å²) in [4.78, 5) is 2.24. The normalized spacial score (nSPS) is 10.6. The molecule has 0 heterocycles. The summed E-state index contributed by atoms with van der Waals surface area (Å²) >= 11 is 0. The maximum atomic E-state index is 3.35. The fourth-order valence-corrected chi connectivity index (χ4v) is 2.43. The average molecular weight is 268 g/mol. The van der Waals surface area contributed by atoms with Crippen molar-refractivity contribution in [3.63, 3.8) is 0 Å². The molecule has 0 aliphatic rings. The molecule has 0 saturated carbocycles. The van der Waals surface area contributed by atoms with Crippen LogP contribution in [0.3, 0.4) is 0 Å². The van der Waals surface area contributed by atoms with Gasteiger partial charge in [-0.2, -0.15) is 0 Å². The molecule has 0 saturated heterocycles. The summed E-state index contributed by atoms with van der Waals surface area (Å²) in [5, 5.41) is 3.35. The van der Waals surface area contributed by atoms with E-state index in [1.165, 1.54) is 28.1 Å². The Bertz CT molecular complexity index is 558. The summed E-state index contributed by atoms with van der Waals surface area (Å²) in [6.07, 6.45) is 0. The minimum Gasteiger partial charge on any atom is -0.344 e. The Morgan fingerprint density at radius 2 is 1.70 bits per heavy atom. The summed E-state index contributed by atoms with van der Waals surface area (Å²) in [6, 6.07) is 15.3. The molecule has 0 aliphatic carbocycles. The van der Waals surface area contributed by atoms with Gasteiger partial charge in [0.1, 0.15) is 0 Å². The maximum absolute atomic E-state index is 3.35. The molecule has 2 nitrogen and oxygen atoms in total. The fourth-order valence-electron chi connectivity index (χ4n) is 2.43. The second-order valence-electron chi connectivity index (χ2n) is 5.30. The van der Waals surface area contributed by atoms with Crippen molar-refractivity contribution in [2.24, 2.45) is 0 Å². The van der Waals surface area contributed by atoms with E-state index in [1.807, 2.05) is 0 Å². The third-order valence-corrected chi connectivity index (χ3v) is 3.62. The van der Waals surface area contributed by atoms with Gasteiger partial charge in [-0.3, -0.25) is 0 Å². The Morgan fingerprint density at radius 1 is 1.00 bits per heavy atom. The Morgan fingerprint density at radius 3 is 2.30 bits per heavy atom. The molecular weight excluding hydrogens is 244 g/mol. The quantitative estimate of drug-likeness (QED) is 0.875. The lowest BCUT2D eigenvalue weighted by Gasteiger charge is -2.22. The lowest BCUT2D eigenvalue weighted by Crippen LogP contribution is -2.13. The Balaban J connectivity index is 2.18. The molecule has 0 aromatic heterocycles. The van der Waals surface area contributed by atoms with Crippen molar-refractivity contribution in [1.29, 1.82) is 0 Å². The first-order valence-corrected chi connectivity index (χ1v) is 7.22. The van der Waals surface area contributed by atoms with Gasteiger partial charge < -0.3 is 10.2 Å². The average Bonchev–Trinajstić information content (AvgIpc) is 2.45. The largest absolute Gasteiger partial charge is 0.344 e. The first-order valence-electron chi connectivity index (χ1n) is 7.22. The maximum Gasteiger partial charge on any atom is 0.0437 e. The minimum absolute atomic E-state index is 0.935. The van der Waals surface area contributed by atoms with Crippen molar-refractivity contribution in [1.82, 2.24) is 5.32 Å². The molecule has 106 valence electrons. The van der Waals surface area contributed by atoms with E-state index in [4.69, 9.17) is 0 Å². The molecule has 0 aliphatic heterocycles. The van der Waals surface area contributed by atoms with Gasteiger partial charge >= 0.3 is 0 Å². The highest BCUT2D eigenvalue weighted by Gasteiger charge is 2.06. The summed E-state index contributed by atoms with van der Waals surface area (Å²) in [6.45, 7) is 8.36. The number of nitrogens with one attached hydrogen (secondary N) is 1. The van der Waals surface area contributed by atoms with Gasteiger partial charge in [-0.25, -0.2) is 0 Å². The molecule has 2 heteroatoms. The second-order valence-corrected chi connectivity index (χ2v) is 5.30. The van der Waals surface area contributed by atoms with Gasteiger partial charge in [0, 0.05) is 25.0 Å². The monoisotopic (exact) mass is 268 g/mol. The van der Waals surface area contributed by atoms with Crippen LogP contribution >= 0.6 is 0 Å². The summed E-state index contributed by atoms with van der Waals surface area (Å²) < 4.78 is 0. The summed E-state index contributed by atoms with van der Waals surface area (Å²) in [5.41, 5.74) is 6.42. The highest BCUT2D eigenvalue weighted by atomic mass is 15.1. The van der Waals surface area contributed by atoms with Crippen LogP contribution < -0.4 is 10.2 Å². The van der Waals surface area contributed by atoms with E-state index in [-0.39, 0.29) is 0 Å². The molecule has 2 aromatic rings. The number of anilines is 2.